The third-order valence-corrected chi connectivity index (χ3v) is 4.35. The molecule has 1 amide bonds. The highest BCUT2D eigenvalue weighted by molar-refractivity contribution is 14.0. The van der Waals surface area contributed by atoms with Crippen molar-refractivity contribution in [1.29, 1.82) is 0 Å². The van der Waals surface area contributed by atoms with E-state index in [1.807, 2.05) is 24.3 Å². The van der Waals surface area contributed by atoms with Gasteiger partial charge in [-0.1, -0.05) is 26.0 Å². The summed E-state index contributed by atoms with van der Waals surface area (Å²) in [6.45, 7) is 14.0. The van der Waals surface area contributed by atoms with Crippen molar-refractivity contribution in [2.45, 2.75) is 40.3 Å². The normalized spacial score (nSPS) is 17.6. The molecular weight excluding hydrogens is 481 g/mol. The molecule has 0 aromatic heterocycles. The van der Waals surface area contributed by atoms with Gasteiger partial charge in [-0.05, 0) is 30.5 Å². The lowest BCUT2D eigenvalue weighted by molar-refractivity contribution is -0.114. The van der Waals surface area contributed by atoms with Gasteiger partial charge in [0.2, 0.25) is 5.91 Å². The number of benzene rings is 1. The number of aliphatic imine (C=N–C) groups is 1. The summed E-state index contributed by atoms with van der Waals surface area (Å²) in [6.07, 6.45) is 0.166. The fraction of sp³-hybridized carbons (Fsp3) is 0.619. The van der Waals surface area contributed by atoms with E-state index in [2.05, 4.69) is 46.6 Å². The highest BCUT2D eigenvalue weighted by Gasteiger charge is 2.21. The number of anilines is 1. The summed E-state index contributed by atoms with van der Waals surface area (Å²) in [5, 5.41) is 9.49. The smallest absolute Gasteiger partial charge is 0.221 e. The topological polar surface area (TPSA) is 78.0 Å². The molecule has 164 valence electrons. The molecule has 0 saturated carbocycles. The summed E-state index contributed by atoms with van der Waals surface area (Å²) >= 11 is 0. The Morgan fingerprint density at radius 2 is 2.14 bits per heavy atom. The Hall–Kier alpha value is -1.39. The Morgan fingerprint density at radius 3 is 2.83 bits per heavy atom. The largest absolute Gasteiger partial charge is 0.374 e. The summed E-state index contributed by atoms with van der Waals surface area (Å²) in [5.41, 5.74) is 1.83. The lowest BCUT2D eigenvalue weighted by Gasteiger charge is -2.34. The Bertz CT molecular complexity index is 654. The Labute approximate surface area is 192 Å². The number of guanidine groups is 1. The van der Waals surface area contributed by atoms with Gasteiger partial charge in [-0.25, -0.2) is 4.99 Å². The molecule has 1 saturated heterocycles. The van der Waals surface area contributed by atoms with Crippen molar-refractivity contribution in [3.05, 3.63) is 29.8 Å². The third-order valence-electron chi connectivity index (χ3n) is 4.35. The van der Waals surface area contributed by atoms with Crippen LogP contribution in [0.2, 0.25) is 0 Å². The van der Waals surface area contributed by atoms with Gasteiger partial charge in [0.25, 0.3) is 0 Å². The molecule has 0 spiro atoms. The second-order valence-corrected chi connectivity index (χ2v) is 7.60. The Kier molecular flexibility index (Phi) is 12.2. The van der Waals surface area contributed by atoms with Crippen LogP contribution in [0.25, 0.3) is 0 Å². The standard InChI is InChI=1S/C21H35N5O2.HI/c1-5-22-21(23-12-18-7-6-8-19(11-18)25-17(4)27)24-13-20-15-26(9-10-28-20)14-16(2)3;/h6-8,11,16,20H,5,9-10,12-15H2,1-4H3,(H,25,27)(H2,22,23,24);1H. The number of ether oxygens (including phenoxy) is 1. The molecule has 29 heavy (non-hydrogen) atoms. The zero-order valence-electron chi connectivity index (χ0n) is 18.0. The van der Waals surface area contributed by atoms with Crippen LogP contribution < -0.4 is 16.0 Å². The SMILES string of the molecule is CCNC(=NCc1cccc(NC(C)=O)c1)NCC1CN(CC(C)C)CCO1.I. The first kappa shape index (κ1) is 25.6. The lowest BCUT2D eigenvalue weighted by Crippen LogP contribution is -2.50. The van der Waals surface area contributed by atoms with Crippen molar-refractivity contribution < 1.29 is 9.53 Å². The van der Waals surface area contributed by atoms with E-state index in [0.717, 1.165) is 56.5 Å². The van der Waals surface area contributed by atoms with Crippen molar-refractivity contribution in [3.8, 4) is 0 Å². The number of morpholine rings is 1. The maximum atomic E-state index is 11.2. The zero-order chi connectivity index (χ0) is 20.4. The number of carbonyl (C=O) groups excluding carboxylic acids is 1. The van der Waals surface area contributed by atoms with Gasteiger partial charge >= 0.3 is 0 Å². The maximum Gasteiger partial charge on any atom is 0.221 e. The van der Waals surface area contributed by atoms with E-state index in [0.29, 0.717) is 12.5 Å². The van der Waals surface area contributed by atoms with E-state index in [1.54, 1.807) is 0 Å². The predicted octanol–water partition coefficient (Wildman–Crippen LogP) is 2.67. The summed E-state index contributed by atoms with van der Waals surface area (Å²) in [7, 11) is 0. The quantitative estimate of drug-likeness (QED) is 0.281. The molecule has 0 aliphatic carbocycles. The Balaban J connectivity index is 0.00000420. The first-order valence-corrected chi connectivity index (χ1v) is 10.2. The van der Waals surface area contributed by atoms with Gasteiger partial charge in [0, 0.05) is 45.3 Å². The van der Waals surface area contributed by atoms with Crippen LogP contribution in [0, 0.1) is 5.92 Å². The summed E-state index contributed by atoms with van der Waals surface area (Å²) in [6, 6.07) is 7.76. The van der Waals surface area contributed by atoms with Gasteiger partial charge in [0.05, 0.1) is 19.3 Å². The molecule has 7 nitrogen and oxygen atoms in total. The number of amides is 1. The fourth-order valence-corrected chi connectivity index (χ4v) is 3.26. The van der Waals surface area contributed by atoms with Crippen molar-refractivity contribution in [3.63, 3.8) is 0 Å². The van der Waals surface area contributed by atoms with Crippen molar-refractivity contribution in [1.82, 2.24) is 15.5 Å². The number of hydrogen-bond acceptors (Lipinski definition) is 4. The van der Waals surface area contributed by atoms with Gasteiger partial charge in [0.15, 0.2) is 5.96 Å². The van der Waals surface area contributed by atoms with Crippen LogP contribution in [0.5, 0.6) is 0 Å². The second kappa shape index (κ2) is 13.8. The fourth-order valence-electron chi connectivity index (χ4n) is 3.26. The van der Waals surface area contributed by atoms with E-state index in [9.17, 15) is 4.79 Å². The minimum absolute atomic E-state index is 0. The Morgan fingerprint density at radius 1 is 1.34 bits per heavy atom. The van der Waals surface area contributed by atoms with Gasteiger partial charge < -0.3 is 20.7 Å². The average molecular weight is 517 g/mol. The summed E-state index contributed by atoms with van der Waals surface area (Å²) in [5.74, 6) is 1.37. The average Bonchev–Trinajstić information content (AvgIpc) is 2.63. The van der Waals surface area contributed by atoms with E-state index >= 15 is 0 Å². The highest BCUT2D eigenvalue weighted by atomic mass is 127. The molecule has 1 heterocycles. The van der Waals surface area contributed by atoms with Gasteiger partial charge in [-0.3, -0.25) is 9.69 Å². The molecule has 1 aromatic carbocycles. The van der Waals surface area contributed by atoms with Crippen LogP contribution in [0.15, 0.2) is 29.3 Å². The highest BCUT2D eigenvalue weighted by Crippen LogP contribution is 2.11. The van der Waals surface area contributed by atoms with Crippen LogP contribution >= 0.6 is 24.0 Å². The molecular formula is C21H36IN5O2. The second-order valence-electron chi connectivity index (χ2n) is 7.60. The number of carbonyl (C=O) groups is 1. The molecule has 8 heteroatoms. The van der Waals surface area contributed by atoms with Crippen LogP contribution in [-0.2, 0) is 16.1 Å². The minimum atomic E-state index is -0.0744. The molecule has 3 N–H and O–H groups in total. The number of rotatable bonds is 8. The van der Waals surface area contributed by atoms with E-state index in [4.69, 9.17) is 4.74 Å². The minimum Gasteiger partial charge on any atom is -0.374 e. The number of halogens is 1. The summed E-state index contributed by atoms with van der Waals surface area (Å²) < 4.78 is 5.91. The molecule has 1 unspecified atom stereocenters. The molecule has 1 atom stereocenters. The van der Waals surface area contributed by atoms with Crippen molar-refractivity contribution in [2.75, 3.05) is 44.6 Å². The van der Waals surface area contributed by atoms with Crippen LogP contribution in [0.4, 0.5) is 5.69 Å². The van der Waals surface area contributed by atoms with E-state index < -0.39 is 0 Å². The number of nitrogens with one attached hydrogen (secondary N) is 3. The first-order chi connectivity index (χ1) is 13.5. The van der Waals surface area contributed by atoms with Crippen molar-refractivity contribution in [2.24, 2.45) is 10.9 Å². The predicted molar refractivity (Wildman–Crippen MR) is 130 cm³/mol. The third kappa shape index (κ3) is 10.3. The van der Waals surface area contributed by atoms with Crippen LogP contribution in [-0.4, -0.2) is 62.2 Å². The zero-order valence-corrected chi connectivity index (χ0v) is 20.4. The van der Waals surface area contributed by atoms with Gasteiger partial charge in [-0.2, -0.15) is 0 Å². The van der Waals surface area contributed by atoms with Crippen LogP contribution in [0.3, 0.4) is 0 Å². The molecule has 2 rings (SSSR count). The van der Waals surface area contributed by atoms with E-state index in [-0.39, 0.29) is 36.0 Å². The van der Waals surface area contributed by atoms with Gasteiger partial charge in [-0.15, -0.1) is 24.0 Å². The van der Waals surface area contributed by atoms with Crippen molar-refractivity contribution >= 4 is 41.5 Å². The molecule has 1 aromatic rings. The molecule has 0 radical (unpaired) electrons. The molecule has 1 aliphatic rings. The molecule has 1 fully saturated rings. The number of hydrogen-bond donors (Lipinski definition) is 3. The first-order valence-electron chi connectivity index (χ1n) is 10.2. The molecule has 1 aliphatic heterocycles. The maximum absolute atomic E-state index is 11.2. The lowest BCUT2D eigenvalue weighted by atomic mass is 10.2. The monoisotopic (exact) mass is 517 g/mol. The van der Waals surface area contributed by atoms with Gasteiger partial charge in [0.1, 0.15) is 0 Å². The molecule has 0 bridgehead atoms. The van der Waals surface area contributed by atoms with Crippen LogP contribution in [0.1, 0.15) is 33.3 Å². The summed E-state index contributed by atoms with van der Waals surface area (Å²) in [4.78, 5) is 18.4. The van der Waals surface area contributed by atoms with E-state index in [1.165, 1.54) is 6.92 Å². The number of nitrogens with zero attached hydrogens (tertiary/aromatic N) is 2.